The van der Waals surface area contributed by atoms with E-state index in [1.54, 1.807) is 0 Å². The number of imidazole rings is 1. The van der Waals surface area contributed by atoms with Crippen molar-refractivity contribution < 1.29 is 0 Å². The summed E-state index contributed by atoms with van der Waals surface area (Å²) in [6.45, 7) is 5.14. The van der Waals surface area contributed by atoms with Gasteiger partial charge in [0.1, 0.15) is 0 Å². The number of benzene rings is 4. The molecule has 0 amide bonds. The molecule has 3 nitrogen and oxygen atoms in total. The van der Waals surface area contributed by atoms with Crippen LogP contribution in [0, 0.1) is 0 Å². The highest BCUT2D eigenvalue weighted by atomic mass is 15.2. The zero-order valence-corrected chi connectivity index (χ0v) is 16.2. The van der Waals surface area contributed by atoms with Crippen LogP contribution in [0.1, 0.15) is 25.5 Å². The van der Waals surface area contributed by atoms with Gasteiger partial charge in [0, 0.05) is 12.6 Å². The molecule has 138 valence electrons. The molecular formula is C25H23N3. The fourth-order valence-corrected chi connectivity index (χ4v) is 4.16. The summed E-state index contributed by atoms with van der Waals surface area (Å²) in [4.78, 5) is 4.86. The number of hydrogen-bond donors (Lipinski definition) is 1. The Bertz CT molecular complexity index is 1240. The van der Waals surface area contributed by atoms with Crippen molar-refractivity contribution in [1.29, 1.82) is 0 Å². The number of anilines is 1. The molecule has 0 aliphatic rings. The number of aromatic nitrogens is 2. The van der Waals surface area contributed by atoms with Crippen LogP contribution in [0.25, 0.3) is 32.6 Å². The number of fused-ring (bicyclic) bond motifs is 3. The van der Waals surface area contributed by atoms with Crippen molar-refractivity contribution >= 4 is 38.5 Å². The van der Waals surface area contributed by atoms with Crippen molar-refractivity contribution in [3.63, 3.8) is 0 Å². The summed E-state index contributed by atoms with van der Waals surface area (Å²) in [6, 6.07) is 28.2. The Morgan fingerprint density at radius 1 is 0.821 bits per heavy atom. The molecule has 0 atom stereocenters. The van der Waals surface area contributed by atoms with Crippen LogP contribution in [0.15, 0.2) is 78.9 Å². The molecule has 5 aromatic rings. The molecule has 0 aliphatic carbocycles. The fourth-order valence-electron chi connectivity index (χ4n) is 4.16. The maximum absolute atomic E-state index is 4.86. The van der Waals surface area contributed by atoms with Gasteiger partial charge in [-0.2, -0.15) is 0 Å². The van der Waals surface area contributed by atoms with Crippen molar-refractivity contribution in [1.82, 2.24) is 9.55 Å². The highest BCUT2D eigenvalue weighted by Gasteiger charge is 2.14. The molecule has 0 saturated heterocycles. The van der Waals surface area contributed by atoms with E-state index in [9.17, 15) is 0 Å². The first-order valence-corrected chi connectivity index (χ1v) is 9.82. The summed E-state index contributed by atoms with van der Waals surface area (Å²) >= 11 is 0. The molecular weight excluding hydrogens is 342 g/mol. The first-order valence-electron chi connectivity index (χ1n) is 9.82. The summed E-state index contributed by atoms with van der Waals surface area (Å²) in [6.07, 6.45) is 0. The largest absolute Gasteiger partial charge is 0.351 e. The first-order chi connectivity index (χ1) is 13.7. The monoisotopic (exact) mass is 365 g/mol. The van der Waals surface area contributed by atoms with Gasteiger partial charge in [-0.25, -0.2) is 4.98 Å². The summed E-state index contributed by atoms with van der Waals surface area (Å²) in [5, 5.41) is 8.77. The average Bonchev–Trinajstić information content (AvgIpc) is 3.09. The van der Waals surface area contributed by atoms with Crippen LogP contribution in [-0.2, 0) is 6.54 Å². The molecule has 0 aliphatic heterocycles. The Hall–Kier alpha value is -3.33. The van der Waals surface area contributed by atoms with E-state index in [1.807, 2.05) is 6.07 Å². The summed E-state index contributed by atoms with van der Waals surface area (Å²) in [7, 11) is 0. The molecule has 1 aromatic heterocycles. The fraction of sp³-hybridized carbons (Fsp3) is 0.160. The molecule has 0 saturated carbocycles. The van der Waals surface area contributed by atoms with Gasteiger partial charge in [0.2, 0.25) is 5.95 Å². The van der Waals surface area contributed by atoms with Crippen molar-refractivity contribution in [2.75, 3.05) is 5.32 Å². The van der Waals surface area contributed by atoms with E-state index in [4.69, 9.17) is 4.98 Å². The lowest BCUT2D eigenvalue weighted by atomic mass is 9.97. The lowest BCUT2D eigenvalue weighted by Crippen LogP contribution is -2.10. The van der Waals surface area contributed by atoms with Crippen LogP contribution in [0.5, 0.6) is 0 Å². The second kappa shape index (κ2) is 6.68. The van der Waals surface area contributed by atoms with Gasteiger partial charge in [-0.3, -0.25) is 0 Å². The summed E-state index contributed by atoms with van der Waals surface area (Å²) < 4.78 is 2.28. The Kier molecular flexibility index (Phi) is 4.01. The van der Waals surface area contributed by atoms with E-state index in [0.29, 0.717) is 6.04 Å². The second-order valence-electron chi connectivity index (χ2n) is 7.54. The van der Waals surface area contributed by atoms with Gasteiger partial charge < -0.3 is 9.88 Å². The maximum atomic E-state index is 4.86. The third-order valence-electron chi connectivity index (χ3n) is 5.42. The van der Waals surface area contributed by atoms with Crippen LogP contribution in [0.4, 0.5) is 5.95 Å². The minimum atomic E-state index is 0.333. The molecule has 1 N–H and O–H groups in total. The topological polar surface area (TPSA) is 29.9 Å². The zero-order valence-electron chi connectivity index (χ0n) is 16.2. The third kappa shape index (κ3) is 2.71. The molecule has 1 heterocycles. The van der Waals surface area contributed by atoms with E-state index < -0.39 is 0 Å². The highest BCUT2D eigenvalue weighted by molar-refractivity contribution is 6.02. The standard InChI is InChI=1S/C25H23N3/c1-17(2)28-24-14-8-7-13-23(24)27-25(28)26-16-22-20-11-5-3-9-18(20)15-19-10-4-6-12-21(19)22/h3-15,17H,16H2,1-2H3,(H,26,27). The molecule has 0 unspecified atom stereocenters. The normalized spacial score (nSPS) is 11.7. The Morgan fingerprint density at radius 3 is 2.11 bits per heavy atom. The molecule has 28 heavy (non-hydrogen) atoms. The smallest absolute Gasteiger partial charge is 0.204 e. The van der Waals surface area contributed by atoms with Gasteiger partial charge in [-0.1, -0.05) is 60.7 Å². The SMILES string of the molecule is CC(C)n1c(NCc2c3ccccc3cc3ccccc23)nc2ccccc21. The number of para-hydroxylation sites is 2. The molecule has 3 heteroatoms. The Morgan fingerprint density at radius 2 is 1.43 bits per heavy atom. The lowest BCUT2D eigenvalue weighted by molar-refractivity contribution is 0.622. The molecule has 0 spiro atoms. The third-order valence-corrected chi connectivity index (χ3v) is 5.42. The van der Waals surface area contributed by atoms with Crippen molar-refractivity contribution in [2.24, 2.45) is 0 Å². The predicted octanol–water partition coefficient (Wildman–Crippen LogP) is 6.54. The highest BCUT2D eigenvalue weighted by Crippen LogP contribution is 2.30. The minimum Gasteiger partial charge on any atom is -0.351 e. The quantitative estimate of drug-likeness (QED) is 0.367. The predicted molar refractivity (Wildman–Crippen MR) is 119 cm³/mol. The van der Waals surface area contributed by atoms with Crippen molar-refractivity contribution in [3.8, 4) is 0 Å². The Labute approximate surface area is 164 Å². The number of nitrogens with one attached hydrogen (secondary N) is 1. The van der Waals surface area contributed by atoms with Gasteiger partial charge in [0.05, 0.1) is 11.0 Å². The second-order valence-corrected chi connectivity index (χ2v) is 7.54. The molecule has 0 bridgehead atoms. The lowest BCUT2D eigenvalue weighted by Gasteiger charge is -2.16. The van der Waals surface area contributed by atoms with Crippen LogP contribution in [0.3, 0.4) is 0 Å². The van der Waals surface area contributed by atoms with Crippen LogP contribution < -0.4 is 5.32 Å². The van der Waals surface area contributed by atoms with Gasteiger partial charge in [-0.05, 0) is 59.2 Å². The molecule has 5 rings (SSSR count). The molecule has 4 aromatic carbocycles. The minimum absolute atomic E-state index is 0.333. The van der Waals surface area contributed by atoms with Crippen molar-refractivity contribution in [2.45, 2.75) is 26.4 Å². The maximum Gasteiger partial charge on any atom is 0.204 e. The molecule has 0 fully saturated rings. The number of nitrogens with zero attached hydrogens (tertiary/aromatic N) is 2. The van der Waals surface area contributed by atoms with Gasteiger partial charge in [0.25, 0.3) is 0 Å². The van der Waals surface area contributed by atoms with Crippen LogP contribution in [-0.4, -0.2) is 9.55 Å². The number of rotatable bonds is 4. The van der Waals surface area contributed by atoms with E-state index in [2.05, 4.69) is 96.5 Å². The average molecular weight is 365 g/mol. The number of hydrogen-bond acceptors (Lipinski definition) is 2. The van der Waals surface area contributed by atoms with Crippen LogP contribution in [0.2, 0.25) is 0 Å². The van der Waals surface area contributed by atoms with E-state index in [-0.39, 0.29) is 0 Å². The first kappa shape index (κ1) is 16.8. The van der Waals surface area contributed by atoms with Crippen LogP contribution >= 0.6 is 0 Å². The van der Waals surface area contributed by atoms with E-state index in [0.717, 1.165) is 18.0 Å². The van der Waals surface area contributed by atoms with E-state index >= 15 is 0 Å². The van der Waals surface area contributed by atoms with Gasteiger partial charge >= 0.3 is 0 Å². The Balaban J connectivity index is 1.63. The summed E-state index contributed by atoms with van der Waals surface area (Å²) in [5.74, 6) is 0.924. The van der Waals surface area contributed by atoms with E-state index in [1.165, 1.54) is 32.6 Å². The van der Waals surface area contributed by atoms with Crippen molar-refractivity contribution in [3.05, 3.63) is 84.4 Å². The summed E-state index contributed by atoms with van der Waals surface area (Å²) in [5.41, 5.74) is 3.51. The molecule has 0 radical (unpaired) electrons. The zero-order chi connectivity index (χ0) is 19.1. The van der Waals surface area contributed by atoms with Gasteiger partial charge in [0.15, 0.2) is 0 Å². The van der Waals surface area contributed by atoms with Gasteiger partial charge in [-0.15, -0.1) is 0 Å².